The van der Waals surface area contributed by atoms with E-state index in [2.05, 4.69) is 117 Å². The molecule has 3 heteroatoms. The van der Waals surface area contributed by atoms with Crippen LogP contribution in [0, 0.1) is 11.3 Å². The average Bonchev–Trinajstić information content (AvgIpc) is 3.29. The van der Waals surface area contributed by atoms with E-state index in [9.17, 15) is 0 Å². The second-order valence-electron chi connectivity index (χ2n) is 10.1. The maximum Gasteiger partial charge on any atom is 0.168 e. The van der Waals surface area contributed by atoms with Gasteiger partial charge in [0, 0.05) is 16.8 Å². The van der Waals surface area contributed by atoms with E-state index in [4.69, 9.17) is 10.2 Å². The Morgan fingerprint density at radius 2 is 1.24 bits per heavy atom. The van der Waals surface area contributed by atoms with Gasteiger partial charge in [0.25, 0.3) is 0 Å². The second kappa shape index (κ2) is 8.90. The molecular weight excluding hydrogens is 414 g/mol. The zero-order valence-electron chi connectivity index (χ0n) is 20.4. The first kappa shape index (κ1) is 22.1. The molecule has 1 aliphatic rings. The molecule has 4 aromatic rings. The summed E-state index contributed by atoms with van der Waals surface area (Å²) in [5.74, 6) is 2.16. The highest BCUT2D eigenvalue weighted by molar-refractivity contribution is 5.72. The van der Waals surface area contributed by atoms with Gasteiger partial charge in [-0.25, -0.2) is 0 Å². The molecule has 0 aliphatic heterocycles. The predicted molar refractivity (Wildman–Crippen MR) is 142 cm³/mol. The highest BCUT2D eigenvalue weighted by atomic mass is 15.3. The number of benzene rings is 3. The van der Waals surface area contributed by atoms with Gasteiger partial charge in [-0.05, 0) is 41.0 Å². The Morgan fingerprint density at radius 1 is 0.676 bits per heavy atom. The topological polar surface area (TPSA) is 30.7 Å². The van der Waals surface area contributed by atoms with Crippen molar-refractivity contribution >= 4 is 5.57 Å². The summed E-state index contributed by atoms with van der Waals surface area (Å²) < 4.78 is 2.20. The monoisotopic (exact) mass is 445 g/mol. The van der Waals surface area contributed by atoms with Crippen molar-refractivity contribution in [3.05, 3.63) is 108 Å². The van der Waals surface area contributed by atoms with Crippen molar-refractivity contribution in [3.63, 3.8) is 0 Å². The molecule has 0 bridgehead atoms. The van der Waals surface area contributed by atoms with Crippen molar-refractivity contribution < 1.29 is 0 Å². The minimum atomic E-state index is 0.176. The summed E-state index contributed by atoms with van der Waals surface area (Å²) >= 11 is 0. The molecule has 170 valence electrons. The van der Waals surface area contributed by atoms with Gasteiger partial charge >= 0.3 is 0 Å². The van der Waals surface area contributed by atoms with Crippen LogP contribution in [0.25, 0.3) is 33.8 Å². The number of allylic oxidation sites excluding steroid dienone is 4. The largest absolute Gasteiger partial charge is 0.275 e. The van der Waals surface area contributed by atoms with E-state index < -0.39 is 0 Å². The Kier molecular flexibility index (Phi) is 5.79. The summed E-state index contributed by atoms with van der Waals surface area (Å²) in [5, 5.41) is 9.42. The Balaban J connectivity index is 1.60. The molecule has 0 saturated heterocycles. The van der Waals surface area contributed by atoms with Crippen LogP contribution >= 0.6 is 0 Å². The van der Waals surface area contributed by atoms with Crippen molar-refractivity contribution in [2.75, 3.05) is 0 Å². The zero-order valence-corrected chi connectivity index (χ0v) is 20.4. The van der Waals surface area contributed by atoms with Crippen molar-refractivity contribution in [1.29, 1.82) is 0 Å². The molecule has 1 heterocycles. The fraction of sp³-hybridized carbons (Fsp3) is 0.226. The van der Waals surface area contributed by atoms with Gasteiger partial charge in [0.2, 0.25) is 0 Å². The van der Waals surface area contributed by atoms with Gasteiger partial charge in [-0.3, -0.25) is 4.57 Å². The third-order valence-corrected chi connectivity index (χ3v) is 6.67. The summed E-state index contributed by atoms with van der Waals surface area (Å²) in [6.07, 6.45) is 5.58. The Morgan fingerprint density at radius 3 is 1.85 bits per heavy atom. The van der Waals surface area contributed by atoms with Gasteiger partial charge in [-0.15, -0.1) is 10.2 Å². The molecule has 34 heavy (non-hydrogen) atoms. The summed E-state index contributed by atoms with van der Waals surface area (Å²) in [7, 11) is 0. The summed E-state index contributed by atoms with van der Waals surface area (Å²) in [6, 6.07) is 29.5. The fourth-order valence-electron chi connectivity index (χ4n) is 4.64. The van der Waals surface area contributed by atoms with Crippen molar-refractivity contribution in [2.45, 2.75) is 34.1 Å². The molecular formula is C31H31N3. The number of rotatable bonds is 4. The zero-order chi connectivity index (χ0) is 23.7. The summed E-state index contributed by atoms with van der Waals surface area (Å²) in [6.45, 7) is 9.15. The SMILES string of the molecule is CC1CC(C(C)(C)C)=CC=C1c1nnc(-c2ccc(-c3ccccc3)cc2)n1-c1ccccc1. The molecule has 0 N–H and O–H groups in total. The molecule has 1 unspecified atom stereocenters. The number of nitrogens with zero attached hydrogens (tertiary/aromatic N) is 3. The van der Waals surface area contributed by atoms with E-state index in [-0.39, 0.29) is 5.41 Å². The molecule has 0 saturated carbocycles. The van der Waals surface area contributed by atoms with Crippen LogP contribution in [0.2, 0.25) is 0 Å². The van der Waals surface area contributed by atoms with Crippen LogP contribution in [0.1, 0.15) is 39.9 Å². The molecule has 0 radical (unpaired) electrons. The van der Waals surface area contributed by atoms with E-state index >= 15 is 0 Å². The maximum atomic E-state index is 4.73. The van der Waals surface area contributed by atoms with E-state index in [1.54, 1.807) is 0 Å². The molecule has 3 aromatic carbocycles. The van der Waals surface area contributed by atoms with Crippen LogP contribution in [-0.2, 0) is 0 Å². The molecule has 3 nitrogen and oxygen atoms in total. The third kappa shape index (κ3) is 4.26. The van der Waals surface area contributed by atoms with Gasteiger partial charge in [0.05, 0.1) is 0 Å². The summed E-state index contributed by atoms with van der Waals surface area (Å²) in [4.78, 5) is 0. The first-order valence-electron chi connectivity index (χ1n) is 12.0. The van der Waals surface area contributed by atoms with Crippen molar-refractivity contribution in [1.82, 2.24) is 14.8 Å². The van der Waals surface area contributed by atoms with E-state index in [0.717, 1.165) is 29.3 Å². The van der Waals surface area contributed by atoms with Crippen LogP contribution in [0.4, 0.5) is 0 Å². The van der Waals surface area contributed by atoms with Gasteiger partial charge in [0.1, 0.15) is 0 Å². The lowest BCUT2D eigenvalue weighted by molar-refractivity contribution is 0.463. The first-order valence-corrected chi connectivity index (χ1v) is 12.0. The highest BCUT2D eigenvalue weighted by Crippen LogP contribution is 2.40. The summed E-state index contributed by atoms with van der Waals surface area (Å²) in [5.41, 5.74) is 7.42. The van der Waals surface area contributed by atoms with Gasteiger partial charge in [0.15, 0.2) is 11.6 Å². The minimum Gasteiger partial charge on any atom is -0.275 e. The van der Waals surface area contributed by atoms with Crippen molar-refractivity contribution in [3.8, 4) is 28.2 Å². The van der Waals surface area contributed by atoms with Crippen LogP contribution < -0.4 is 0 Å². The van der Waals surface area contributed by atoms with Crippen LogP contribution in [0.3, 0.4) is 0 Å². The van der Waals surface area contributed by atoms with E-state index in [1.165, 1.54) is 22.3 Å². The van der Waals surface area contributed by atoms with Gasteiger partial charge in [-0.2, -0.15) is 0 Å². The predicted octanol–water partition coefficient (Wildman–Crippen LogP) is 8.00. The lowest BCUT2D eigenvalue weighted by atomic mass is 9.76. The Labute approximate surface area is 202 Å². The fourth-order valence-corrected chi connectivity index (χ4v) is 4.64. The Hall–Kier alpha value is -3.72. The number of hydrogen-bond acceptors (Lipinski definition) is 2. The van der Waals surface area contributed by atoms with Crippen LogP contribution in [-0.4, -0.2) is 14.8 Å². The Bertz CT molecular complexity index is 1340. The second-order valence-corrected chi connectivity index (χ2v) is 10.1. The molecule has 5 rings (SSSR count). The average molecular weight is 446 g/mol. The van der Waals surface area contributed by atoms with Crippen LogP contribution in [0.5, 0.6) is 0 Å². The quantitative estimate of drug-likeness (QED) is 0.319. The normalized spacial score (nSPS) is 16.2. The van der Waals surface area contributed by atoms with Crippen LogP contribution in [0.15, 0.2) is 103 Å². The molecule has 0 amide bonds. The molecule has 0 spiro atoms. The lowest BCUT2D eigenvalue weighted by Crippen LogP contribution is -2.17. The van der Waals surface area contributed by atoms with Crippen molar-refractivity contribution in [2.24, 2.45) is 11.3 Å². The molecule has 1 aromatic heterocycles. The maximum absolute atomic E-state index is 4.73. The first-order chi connectivity index (χ1) is 16.4. The van der Waals surface area contributed by atoms with Gasteiger partial charge < -0.3 is 0 Å². The number of hydrogen-bond donors (Lipinski definition) is 0. The number of aromatic nitrogens is 3. The molecule has 0 fully saturated rings. The lowest BCUT2D eigenvalue weighted by Gasteiger charge is -2.29. The minimum absolute atomic E-state index is 0.176. The van der Waals surface area contributed by atoms with E-state index in [1.807, 2.05) is 12.1 Å². The van der Waals surface area contributed by atoms with Gasteiger partial charge in [-0.1, -0.05) is 118 Å². The highest BCUT2D eigenvalue weighted by Gasteiger charge is 2.27. The molecule has 1 aliphatic carbocycles. The number of para-hydroxylation sites is 1. The third-order valence-electron chi connectivity index (χ3n) is 6.67. The van der Waals surface area contributed by atoms with E-state index in [0.29, 0.717) is 5.92 Å². The molecule has 1 atom stereocenters. The standard InChI is InChI=1S/C31H31N3/c1-22-21-26(31(2,3)4)19-20-28(22)30-33-32-29(34(30)27-13-9-6-10-14-27)25-17-15-24(16-18-25)23-11-7-5-8-12-23/h5-20,22H,21H2,1-4H3. The smallest absolute Gasteiger partial charge is 0.168 e.